The molecule has 8 nitrogen and oxygen atoms in total. The van der Waals surface area contributed by atoms with Crippen molar-refractivity contribution in [2.24, 2.45) is 0 Å². The number of fused-ring (bicyclic) bond motifs is 1. The minimum absolute atomic E-state index is 0.199. The lowest BCUT2D eigenvalue weighted by Gasteiger charge is -2.14. The summed E-state index contributed by atoms with van der Waals surface area (Å²) in [7, 11) is 1.55. The quantitative estimate of drug-likeness (QED) is 0.895. The van der Waals surface area contributed by atoms with E-state index in [0.29, 0.717) is 11.7 Å². The Balaban J connectivity index is 1.73. The standard InChI is InChI=1S/C12H15N5O3/c1-19-7-8-6-9(16-20-8)11(18)13-12-15-14-10-4-2-3-5-17(10)12/h6H,2-5,7H2,1H3,(H,13,15,18). The van der Waals surface area contributed by atoms with Crippen LogP contribution in [0.1, 0.15) is 34.9 Å². The van der Waals surface area contributed by atoms with Gasteiger partial charge in [0, 0.05) is 26.1 Å². The van der Waals surface area contributed by atoms with Gasteiger partial charge in [-0.1, -0.05) is 5.16 Å². The fourth-order valence-corrected chi connectivity index (χ4v) is 2.20. The SMILES string of the molecule is COCc1cc(C(=O)Nc2nnc3n2CCCC3)no1. The average Bonchev–Trinajstić information content (AvgIpc) is 3.07. The monoisotopic (exact) mass is 277 g/mol. The summed E-state index contributed by atoms with van der Waals surface area (Å²) in [6.07, 6.45) is 3.07. The Hall–Kier alpha value is -2.22. The summed E-state index contributed by atoms with van der Waals surface area (Å²) in [6, 6.07) is 1.55. The Morgan fingerprint density at radius 3 is 3.25 bits per heavy atom. The van der Waals surface area contributed by atoms with E-state index in [9.17, 15) is 4.79 Å². The molecule has 3 rings (SSSR count). The van der Waals surface area contributed by atoms with Crippen molar-refractivity contribution >= 4 is 11.9 Å². The Bertz CT molecular complexity index is 618. The number of ether oxygens (including phenoxy) is 1. The predicted octanol–water partition coefficient (Wildman–Crippen LogP) is 1.00. The Morgan fingerprint density at radius 2 is 2.40 bits per heavy atom. The molecule has 0 bridgehead atoms. The fraction of sp³-hybridized carbons (Fsp3) is 0.500. The first-order valence-corrected chi connectivity index (χ1v) is 6.46. The summed E-state index contributed by atoms with van der Waals surface area (Å²) in [5, 5.41) is 14.5. The van der Waals surface area contributed by atoms with E-state index in [-0.39, 0.29) is 18.2 Å². The molecule has 0 aromatic carbocycles. The molecule has 0 radical (unpaired) electrons. The highest BCUT2D eigenvalue weighted by Crippen LogP contribution is 2.17. The lowest BCUT2D eigenvalue weighted by atomic mass is 10.2. The summed E-state index contributed by atoms with van der Waals surface area (Å²) >= 11 is 0. The molecule has 3 heterocycles. The van der Waals surface area contributed by atoms with E-state index in [2.05, 4.69) is 20.7 Å². The van der Waals surface area contributed by atoms with Crippen molar-refractivity contribution in [3.63, 3.8) is 0 Å². The Morgan fingerprint density at radius 1 is 1.50 bits per heavy atom. The number of hydrogen-bond donors (Lipinski definition) is 1. The average molecular weight is 277 g/mol. The summed E-state index contributed by atoms with van der Waals surface area (Å²) < 4.78 is 11.8. The van der Waals surface area contributed by atoms with Gasteiger partial charge in [-0.2, -0.15) is 0 Å². The molecule has 0 saturated carbocycles. The first-order valence-electron chi connectivity index (χ1n) is 6.46. The van der Waals surface area contributed by atoms with Gasteiger partial charge in [0.25, 0.3) is 5.91 Å². The molecule has 1 aliphatic rings. The van der Waals surface area contributed by atoms with Crippen LogP contribution in [0.25, 0.3) is 0 Å². The molecule has 1 amide bonds. The fourth-order valence-electron chi connectivity index (χ4n) is 2.20. The molecule has 0 aliphatic carbocycles. The molecular weight excluding hydrogens is 262 g/mol. The number of aryl methyl sites for hydroxylation is 1. The highest BCUT2D eigenvalue weighted by Gasteiger charge is 2.19. The van der Waals surface area contributed by atoms with Crippen LogP contribution in [-0.2, 0) is 24.3 Å². The third-order valence-corrected chi connectivity index (χ3v) is 3.16. The highest BCUT2D eigenvalue weighted by atomic mass is 16.5. The Labute approximate surface area is 115 Å². The number of methoxy groups -OCH3 is 1. The maximum atomic E-state index is 12.1. The van der Waals surface area contributed by atoms with Gasteiger partial charge in [0.15, 0.2) is 11.5 Å². The molecule has 0 atom stereocenters. The van der Waals surface area contributed by atoms with Crippen LogP contribution in [0.4, 0.5) is 5.95 Å². The van der Waals surface area contributed by atoms with E-state index in [1.165, 1.54) is 0 Å². The maximum Gasteiger partial charge on any atom is 0.280 e. The topological polar surface area (TPSA) is 95.1 Å². The van der Waals surface area contributed by atoms with Gasteiger partial charge in [0.2, 0.25) is 5.95 Å². The molecule has 0 unspecified atom stereocenters. The van der Waals surface area contributed by atoms with Gasteiger partial charge in [0.05, 0.1) is 0 Å². The number of rotatable bonds is 4. The Kier molecular flexibility index (Phi) is 3.46. The zero-order valence-electron chi connectivity index (χ0n) is 11.1. The number of carbonyl (C=O) groups is 1. The van der Waals surface area contributed by atoms with E-state index >= 15 is 0 Å². The second-order valence-electron chi connectivity index (χ2n) is 4.61. The molecule has 1 N–H and O–H groups in total. The largest absolute Gasteiger partial charge is 0.377 e. The number of nitrogens with one attached hydrogen (secondary N) is 1. The molecular formula is C12H15N5O3. The van der Waals surface area contributed by atoms with Gasteiger partial charge in [0.1, 0.15) is 12.4 Å². The van der Waals surface area contributed by atoms with Crippen LogP contribution in [-0.4, -0.2) is 32.9 Å². The number of aromatic nitrogens is 4. The van der Waals surface area contributed by atoms with Crippen molar-refractivity contribution in [3.05, 3.63) is 23.3 Å². The minimum Gasteiger partial charge on any atom is -0.377 e. The third-order valence-electron chi connectivity index (χ3n) is 3.16. The number of anilines is 1. The first-order chi connectivity index (χ1) is 9.78. The molecule has 8 heteroatoms. The maximum absolute atomic E-state index is 12.1. The van der Waals surface area contributed by atoms with Gasteiger partial charge < -0.3 is 9.26 Å². The molecule has 0 fully saturated rings. The van der Waals surface area contributed by atoms with Crippen LogP contribution in [0.15, 0.2) is 10.6 Å². The van der Waals surface area contributed by atoms with Gasteiger partial charge in [-0.15, -0.1) is 10.2 Å². The van der Waals surface area contributed by atoms with Crippen LogP contribution in [0, 0.1) is 0 Å². The van der Waals surface area contributed by atoms with Crippen molar-refractivity contribution in [3.8, 4) is 0 Å². The zero-order chi connectivity index (χ0) is 13.9. The van der Waals surface area contributed by atoms with Crippen molar-refractivity contribution in [1.82, 2.24) is 19.9 Å². The molecule has 1 aliphatic heterocycles. The molecule has 2 aromatic rings. The van der Waals surface area contributed by atoms with E-state index in [4.69, 9.17) is 9.26 Å². The molecule has 20 heavy (non-hydrogen) atoms. The van der Waals surface area contributed by atoms with Crippen LogP contribution < -0.4 is 5.32 Å². The van der Waals surface area contributed by atoms with Crippen LogP contribution >= 0.6 is 0 Å². The van der Waals surface area contributed by atoms with E-state index in [1.54, 1.807) is 13.2 Å². The number of carbonyl (C=O) groups excluding carboxylic acids is 1. The second-order valence-corrected chi connectivity index (χ2v) is 4.61. The van der Waals surface area contributed by atoms with Crippen molar-refractivity contribution in [1.29, 1.82) is 0 Å². The van der Waals surface area contributed by atoms with Crippen LogP contribution in [0.3, 0.4) is 0 Å². The van der Waals surface area contributed by atoms with Crippen LogP contribution in [0.2, 0.25) is 0 Å². The van der Waals surface area contributed by atoms with Crippen molar-refractivity contribution in [2.75, 3.05) is 12.4 Å². The summed E-state index contributed by atoms with van der Waals surface area (Å²) in [5.41, 5.74) is 0.199. The molecule has 2 aromatic heterocycles. The zero-order valence-corrected chi connectivity index (χ0v) is 11.1. The number of nitrogens with zero attached hydrogens (tertiary/aromatic N) is 4. The normalized spacial score (nSPS) is 14.1. The summed E-state index contributed by atoms with van der Waals surface area (Å²) in [4.78, 5) is 12.1. The third kappa shape index (κ3) is 2.42. The van der Waals surface area contributed by atoms with Crippen LogP contribution in [0.5, 0.6) is 0 Å². The highest BCUT2D eigenvalue weighted by molar-refractivity contribution is 6.01. The number of hydrogen-bond acceptors (Lipinski definition) is 6. The minimum atomic E-state index is -0.364. The van der Waals surface area contributed by atoms with Gasteiger partial charge in [-0.05, 0) is 12.8 Å². The number of amides is 1. The van der Waals surface area contributed by atoms with E-state index < -0.39 is 0 Å². The predicted molar refractivity (Wildman–Crippen MR) is 68.1 cm³/mol. The summed E-state index contributed by atoms with van der Waals surface area (Å²) in [5.74, 6) is 1.51. The smallest absolute Gasteiger partial charge is 0.280 e. The van der Waals surface area contributed by atoms with E-state index in [0.717, 1.165) is 31.6 Å². The van der Waals surface area contributed by atoms with Gasteiger partial charge >= 0.3 is 0 Å². The first kappa shape index (κ1) is 12.8. The van der Waals surface area contributed by atoms with Gasteiger partial charge in [-0.25, -0.2) is 0 Å². The second kappa shape index (κ2) is 5.41. The summed E-state index contributed by atoms with van der Waals surface area (Å²) in [6.45, 7) is 1.10. The van der Waals surface area contributed by atoms with Gasteiger partial charge in [-0.3, -0.25) is 14.7 Å². The lowest BCUT2D eigenvalue weighted by molar-refractivity contribution is 0.101. The molecule has 106 valence electrons. The van der Waals surface area contributed by atoms with Crippen molar-refractivity contribution < 1.29 is 14.1 Å². The van der Waals surface area contributed by atoms with Crippen molar-refractivity contribution in [2.45, 2.75) is 32.4 Å². The van der Waals surface area contributed by atoms with E-state index in [1.807, 2.05) is 4.57 Å². The molecule has 0 saturated heterocycles. The lowest BCUT2D eigenvalue weighted by Crippen LogP contribution is -2.18. The molecule has 0 spiro atoms.